The molecule has 0 aliphatic rings. The molecule has 1 aromatic heterocycles. The summed E-state index contributed by atoms with van der Waals surface area (Å²) >= 11 is 5.77. The van der Waals surface area contributed by atoms with Crippen LogP contribution in [0.4, 0.5) is 11.6 Å². The number of aliphatic imine (C=N–C) groups is 1. The molecule has 3 N–H and O–H groups in total. The van der Waals surface area contributed by atoms with Crippen molar-refractivity contribution in [2.45, 2.75) is 0 Å². The average molecular weight is 248 g/mol. The third-order valence-electron chi connectivity index (χ3n) is 1.89. The summed E-state index contributed by atoms with van der Waals surface area (Å²) in [5.74, 6) is 0.532. The monoisotopic (exact) mass is 247 g/mol. The first-order valence-corrected chi connectivity index (χ1v) is 5.25. The molecule has 2 rings (SSSR count). The molecule has 0 saturated carbocycles. The van der Waals surface area contributed by atoms with Crippen LogP contribution in [0.3, 0.4) is 0 Å². The van der Waals surface area contributed by atoms with Gasteiger partial charge in [-0.1, -0.05) is 11.6 Å². The van der Waals surface area contributed by atoms with E-state index < -0.39 is 0 Å². The van der Waals surface area contributed by atoms with E-state index >= 15 is 0 Å². The van der Waals surface area contributed by atoms with Gasteiger partial charge in [0.1, 0.15) is 0 Å². The standard InChI is InChI=1S/C11H10ClN5/c12-8-2-4-9(5-3-8)16-10(13)17-11-14-6-1-7-15-11/h1-7H,(H3,13,14,15,16,17). The number of anilines is 1. The predicted molar refractivity (Wildman–Crippen MR) is 68.4 cm³/mol. The average Bonchev–Trinajstić information content (AvgIpc) is 2.33. The minimum Gasteiger partial charge on any atom is -0.369 e. The lowest BCUT2D eigenvalue weighted by Crippen LogP contribution is -2.22. The summed E-state index contributed by atoms with van der Waals surface area (Å²) in [7, 11) is 0. The van der Waals surface area contributed by atoms with Gasteiger partial charge in [-0.3, -0.25) is 0 Å². The number of nitrogens with two attached hydrogens (primary N) is 1. The van der Waals surface area contributed by atoms with Crippen molar-refractivity contribution in [3.8, 4) is 0 Å². The van der Waals surface area contributed by atoms with Crippen LogP contribution in [0, 0.1) is 0 Å². The predicted octanol–water partition coefficient (Wildman–Crippen LogP) is 2.19. The van der Waals surface area contributed by atoms with Crippen LogP contribution in [0.2, 0.25) is 5.02 Å². The van der Waals surface area contributed by atoms with E-state index in [0.29, 0.717) is 11.0 Å². The van der Waals surface area contributed by atoms with Crippen molar-refractivity contribution in [1.82, 2.24) is 9.97 Å². The van der Waals surface area contributed by atoms with Crippen molar-refractivity contribution < 1.29 is 0 Å². The summed E-state index contributed by atoms with van der Waals surface area (Å²) in [5, 5.41) is 3.57. The Morgan fingerprint density at radius 1 is 1.18 bits per heavy atom. The SMILES string of the molecule is N/C(=N\c1ncccn1)Nc1ccc(Cl)cc1. The van der Waals surface area contributed by atoms with Crippen molar-refractivity contribution in [3.05, 3.63) is 47.7 Å². The molecule has 86 valence electrons. The van der Waals surface area contributed by atoms with Crippen molar-refractivity contribution in [1.29, 1.82) is 0 Å². The fourth-order valence-electron chi connectivity index (χ4n) is 1.17. The number of rotatable bonds is 2. The molecule has 0 atom stereocenters. The molecule has 0 fully saturated rings. The Labute approximate surface area is 103 Å². The minimum absolute atomic E-state index is 0.221. The van der Waals surface area contributed by atoms with E-state index in [1.165, 1.54) is 0 Å². The van der Waals surface area contributed by atoms with Crippen molar-refractivity contribution in [2.75, 3.05) is 5.32 Å². The zero-order valence-corrected chi connectivity index (χ0v) is 9.59. The van der Waals surface area contributed by atoms with Crippen LogP contribution in [0.1, 0.15) is 0 Å². The first-order chi connectivity index (χ1) is 8.24. The normalized spacial score (nSPS) is 11.2. The van der Waals surface area contributed by atoms with Crippen LogP contribution in [0.5, 0.6) is 0 Å². The third kappa shape index (κ3) is 3.42. The zero-order valence-electron chi connectivity index (χ0n) is 8.84. The molecule has 0 bridgehead atoms. The van der Waals surface area contributed by atoms with Gasteiger partial charge in [-0.05, 0) is 30.3 Å². The zero-order chi connectivity index (χ0) is 12.1. The summed E-state index contributed by atoms with van der Waals surface area (Å²) in [6.07, 6.45) is 3.20. The molecule has 1 heterocycles. The van der Waals surface area contributed by atoms with Crippen molar-refractivity contribution in [3.63, 3.8) is 0 Å². The van der Waals surface area contributed by atoms with Crippen LogP contribution in [0.15, 0.2) is 47.7 Å². The molecule has 0 spiro atoms. The largest absolute Gasteiger partial charge is 0.369 e. The third-order valence-corrected chi connectivity index (χ3v) is 2.14. The van der Waals surface area contributed by atoms with Crippen LogP contribution < -0.4 is 11.1 Å². The maximum atomic E-state index is 5.77. The van der Waals surface area contributed by atoms with Crippen molar-refractivity contribution in [2.24, 2.45) is 10.7 Å². The van der Waals surface area contributed by atoms with Crippen LogP contribution in [0.25, 0.3) is 0 Å². The highest BCUT2D eigenvalue weighted by Crippen LogP contribution is 2.13. The minimum atomic E-state index is 0.221. The number of benzene rings is 1. The van der Waals surface area contributed by atoms with Crippen LogP contribution in [-0.2, 0) is 0 Å². The molecule has 17 heavy (non-hydrogen) atoms. The van der Waals surface area contributed by atoms with Gasteiger partial charge in [-0.25, -0.2) is 9.97 Å². The summed E-state index contributed by atoms with van der Waals surface area (Å²) < 4.78 is 0. The van der Waals surface area contributed by atoms with Gasteiger partial charge in [0.2, 0.25) is 5.96 Å². The second-order valence-corrected chi connectivity index (χ2v) is 3.61. The number of halogens is 1. The van der Waals surface area contributed by atoms with Gasteiger partial charge in [-0.15, -0.1) is 0 Å². The first kappa shape index (κ1) is 11.3. The Morgan fingerprint density at radius 3 is 2.47 bits per heavy atom. The fraction of sp³-hybridized carbons (Fsp3) is 0. The van der Waals surface area contributed by atoms with Gasteiger partial charge < -0.3 is 11.1 Å². The van der Waals surface area contributed by atoms with Gasteiger partial charge >= 0.3 is 0 Å². The maximum Gasteiger partial charge on any atom is 0.252 e. The number of hydrogen-bond donors (Lipinski definition) is 2. The Morgan fingerprint density at radius 2 is 1.82 bits per heavy atom. The number of guanidine groups is 1. The molecule has 0 aliphatic heterocycles. The molecule has 0 radical (unpaired) electrons. The first-order valence-electron chi connectivity index (χ1n) is 4.88. The van der Waals surface area contributed by atoms with E-state index in [1.54, 1.807) is 42.7 Å². The van der Waals surface area contributed by atoms with Crippen LogP contribution >= 0.6 is 11.6 Å². The van der Waals surface area contributed by atoms with Gasteiger partial charge in [0.25, 0.3) is 5.95 Å². The smallest absolute Gasteiger partial charge is 0.252 e. The second kappa shape index (κ2) is 5.27. The highest BCUT2D eigenvalue weighted by atomic mass is 35.5. The highest BCUT2D eigenvalue weighted by Gasteiger charge is 1.97. The summed E-state index contributed by atoms with van der Waals surface area (Å²) in [6, 6.07) is 8.83. The molecule has 0 unspecified atom stereocenters. The van der Waals surface area contributed by atoms with E-state index in [-0.39, 0.29) is 5.96 Å². The number of nitrogens with one attached hydrogen (secondary N) is 1. The Balaban J connectivity index is 2.09. The summed E-state index contributed by atoms with van der Waals surface area (Å²) in [6.45, 7) is 0. The molecule has 0 aliphatic carbocycles. The summed E-state index contributed by atoms with van der Waals surface area (Å²) in [4.78, 5) is 11.9. The topological polar surface area (TPSA) is 76.2 Å². The molecule has 0 saturated heterocycles. The number of nitrogens with zero attached hydrogens (tertiary/aromatic N) is 3. The van der Waals surface area contributed by atoms with E-state index in [2.05, 4.69) is 20.3 Å². The quantitative estimate of drug-likeness (QED) is 0.630. The lowest BCUT2D eigenvalue weighted by atomic mass is 10.3. The fourth-order valence-corrected chi connectivity index (χ4v) is 1.29. The van der Waals surface area contributed by atoms with Crippen molar-refractivity contribution >= 4 is 29.2 Å². The maximum absolute atomic E-state index is 5.77. The van der Waals surface area contributed by atoms with Gasteiger partial charge in [0.05, 0.1) is 0 Å². The van der Waals surface area contributed by atoms with E-state index in [4.69, 9.17) is 17.3 Å². The molecule has 6 heteroatoms. The van der Waals surface area contributed by atoms with Gasteiger partial charge in [0, 0.05) is 23.1 Å². The highest BCUT2D eigenvalue weighted by molar-refractivity contribution is 6.30. The number of aromatic nitrogens is 2. The Kier molecular flexibility index (Phi) is 3.52. The molecular weight excluding hydrogens is 238 g/mol. The molecule has 0 amide bonds. The second-order valence-electron chi connectivity index (χ2n) is 3.18. The lowest BCUT2D eigenvalue weighted by molar-refractivity contribution is 1.13. The summed E-state index contributed by atoms with van der Waals surface area (Å²) in [5.41, 5.74) is 6.50. The molecule has 1 aromatic carbocycles. The van der Waals surface area contributed by atoms with E-state index in [9.17, 15) is 0 Å². The van der Waals surface area contributed by atoms with E-state index in [0.717, 1.165) is 5.69 Å². The van der Waals surface area contributed by atoms with Gasteiger partial charge in [0.15, 0.2) is 0 Å². The lowest BCUT2D eigenvalue weighted by Gasteiger charge is -2.04. The Bertz CT molecular complexity index is 509. The molecular formula is C11H10ClN5. The molecule has 2 aromatic rings. The van der Waals surface area contributed by atoms with E-state index in [1.807, 2.05) is 0 Å². The Hall–Kier alpha value is -2.14. The van der Waals surface area contributed by atoms with Crippen LogP contribution in [-0.4, -0.2) is 15.9 Å². The molecule has 5 nitrogen and oxygen atoms in total. The number of hydrogen-bond acceptors (Lipinski definition) is 3. The van der Waals surface area contributed by atoms with Gasteiger partial charge in [-0.2, -0.15) is 4.99 Å².